The topological polar surface area (TPSA) is 60.7 Å². The summed E-state index contributed by atoms with van der Waals surface area (Å²) in [6.45, 7) is 0. The maximum atomic E-state index is 9.03. The van der Waals surface area contributed by atoms with Crippen molar-refractivity contribution in [2.24, 2.45) is 0 Å². The number of aromatic hydroxyl groups is 3. The average molecular weight is 150 g/mol. The molecular formula is C8H6O3. The summed E-state index contributed by atoms with van der Waals surface area (Å²) >= 11 is 0. The van der Waals surface area contributed by atoms with Crippen LogP contribution in [0.25, 0.3) is 0 Å². The van der Waals surface area contributed by atoms with E-state index >= 15 is 0 Å². The predicted octanol–water partition coefficient (Wildman–Crippen LogP) is 0.785. The molecule has 0 aliphatic heterocycles. The fourth-order valence-corrected chi connectivity index (χ4v) is 0.685. The van der Waals surface area contributed by atoms with E-state index in [1.165, 1.54) is 12.1 Å². The molecule has 0 bridgehead atoms. The van der Waals surface area contributed by atoms with E-state index in [1.807, 2.05) is 0 Å². The van der Waals surface area contributed by atoms with E-state index in [0.717, 1.165) is 0 Å². The fraction of sp³-hybridized carbons (Fsp3) is 0. The first-order chi connectivity index (χ1) is 5.16. The Morgan fingerprint density at radius 3 is 2.27 bits per heavy atom. The molecule has 0 saturated heterocycles. The van der Waals surface area contributed by atoms with Gasteiger partial charge in [0.15, 0.2) is 11.5 Å². The minimum atomic E-state index is -0.583. The molecule has 0 heterocycles. The highest BCUT2D eigenvalue weighted by Gasteiger charge is 2.08. The second-order valence-corrected chi connectivity index (χ2v) is 1.97. The van der Waals surface area contributed by atoms with Gasteiger partial charge < -0.3 is 15.3 Å². The Kier molecular flexibility index (Phi) is 1.61. The smallest absolute Gasteiger partial charge is 0.201 e. The monoisotopic (exact) mass is 150 g/mol. The molecule has 0 aliphatic rings. The van der Waals surface area contributed by atoms with Gasteiger partial charge in [-0.1, -0.05) is 5.92 Å². The van der Waals surface area contributed by atoms with Gasteiger partial charge in [0.25, 0.3) is 0 Å². The Bertz CT molecular complexity index is 323. The molecule has 3 heteroatoms. The first kappa shape index (κ1) is 7.29. The van der Waals surface area contributed by atoms with Gasteiger partial charge in [0.1, 0.15) is 0 Å². The van der Waals surface area contributed by atoms with Crippen LogP contribution in [0.15, 0.2) is 12.1 Å². The second kappa shape index (κ2) is 2.43. The van der Waals surface area contributed by atoms with Crippen LogP contribution >= 0.6 is 0 Å². The zero-order chi connectivity index (χ0) is 8.43. The van der Waals surface area contributed by atoms with Crippen LogP contribution in [0.1, 0.15) is 5.56 Å². The van der Waals surface area contributed by atoms with Crippen LogP contribution in [0.3, 0.4) is 0 Å². The summed E-state index contributed by atoms with van der Waals surface area (Å²) in [7, 11) is 0. The molecular weight excluding hydrogens is 144 g/mol. The molecule has 0 saturated carbocycles. The van der Waals surface area contributed by atoms with E-state index in [-0.39, 0.29) is 11.3 Å². The zero-order valence-corrected chi connectivity index (χ0v) is 5.57. The number of phenols is 3. The lowest BCUT2D eigenvalue weighted by atomic mass is 10.2. The molecule has 0 aliphatic carbocycles. The Hall–Kier alpha value is -1.82. The average Bonchev–Trinajstić information content (AvgIpc) is 2.01. The molecule has 0 amide bonds. The first-order valence-electron chi connectivity index (χ1n) is 2.87. The largest absolute Gasteiger partial charge is 0.504 e. The summed E-state index contributed by atoms with van der Waals surface area (Å²) < 4.78 is 0. The van der Waals surface area contributed by atoms with Crippen molar-refractivity contribution in [3.05, 3.63) is 17.7 Å². The van der Waals surface area contributed by atoms with Gasteiger partial charge in [-0.3, -0.25) is 0 Å². The van der Waals surface area contributed by atoms with Gasteiger partial charge in [0.2, 0.25) is 5.75 Å². The maximum absolute atomic E-state index is 9.03. The number of hydrogen-bond acceptors (Lipinski definition) is 3. The lowest BCUT2D eigenvalue weighted by Gasteiger charge is -2.01. The van der Waals surface area contributed by atoms with Crippen molar-refractivity contribution in [3.8, 4) is 29.6 Å². The quantitative estimate of drug-likeness (QED) is 0.378. The van der Waals surface area contributed by atoms with Crippen LogP contribution in [0.4, 0.5) is 0 Å². The van der Waals surface area contributed by atoms with E-state index in [9.17, 15) is 0 Å². The highest BCUT2D eigenvalue weighted by molar-refractivity contribution is 5.57. The Morgan fingerprint density at radius 1 is 1.09 bits per heavy atom. The molecule has 0 atom stereocenters. The molecule has 0 fully saturated rings. The fourth-order valence-electron chi connectivity index (χ4n) is 0.685. The minimum Gasteiger partial charge on any atom is -0.504 e. The van der Waals surface area contributed by atoms with Gasteiger partial charge in [-0.25, -0.2) is 0 Å². The molecule has 11 heavy (non-hydrogen) atoms. The van der Waals surface area contributed by atoms with Gasteiger partial charge in [-0.2, -0.15) is 0 Å². The van der Waals surface area contributed by atoms with Gasteiger partial charge in [0, 0.05) is 0 Å². The van der Waals surface area contributed by atoms with E-state index in [1.54, 1.807) is 0 Å². The number of terminal acetylenes is 1. The van der Waals surface area contributed by atoms with Crippen molar-refractivity contribution in [2.45, 2.75) is 0 Å². The third-order valence-corrected chi connectivity index (χ3v) is 1.29. The van der Waals surface area contributed by atoms with Gasteiger partial charge in [0.05, 0.1) is 5.56 Å². The number of phenolic OH excluding ortho intramolecular Hbond substituents is 3. The van der Waals surface area contributed by atoms with Gasteiger partial charge >= 0.3 is 0 Å². The lowest BCUT2D eigenvalue weighted by molar-refractivity contribution is 0.367. The molecule has 1 aromatic carbocycles. The molecule has 3 nitrogen and oxygen atoms in total. The standard InChI is InChI=1S/C8H6O3/c1-2-5-3-4-6(9)8(11)7(5)10/h1,3-4,9-11H. The third kappa shape index (κ3) is 1.06. The van der Waals surface area contributed by atoms with Crippen molar-refractivity contribution in [2.75, 3.05) is 0 Å². The molecule has 1 rings (SSSR count). The van der Waals surface area contributed by atoms with E-state index in [2.05, 4.69) is 5.92 Å². The Balaban J connectivity index is 3.40. The van der Waals surface area contributed by atoms with Crippen molar-refractivity contribution < 1.29 is 15.3 Å². The summed E-state index contributed by atoms with van der Waals surface area (Å²) in [6, 6.07) is 2.55. The van der Waals surface area contributed by atoms with E-state index < -0.39 is 11.5 Å². The lowest BCUT2D eigenvalue weighted by Crippen LogP contribution is -1.77. The maximum Gasteiger partial charge on any atom is 0.201 e. The minimum absolute atomic E-state index is 0.153. The molecule has 56 valence electrons. The van der Waals surface area contributed by atoms with Crippen molar-refractivity contribution >= 4 is 0 Å². The normalized spacial score (nSPS) is 9.00. The summed E-state index contributed by atoms with van der Waals surface area (Å²) in [5, 5.41) is 26.8. The number of benzene rings is 1. The molecule has 0 aromatic heterocycles. The zero-order valence-electron chi connectivity index (χ0n) is 5.57. The Labute approximate surface area is 63.5 Å². The van der Waals surface area contributed by atoms with E-state index in [0.29, 0.717) is 0 Å². The summed E-state index contributed by atoms with van der Waals surface area (Å²) in [6.07, 6.45) is 4.97. The van der Waals surface area contributed by atoms with Crippen LogP contribution in [-0.2, 0) is 0 Å². The molecule has 3 N–H and O–H groups in total. The van der Waals surface area contributed by atoms with Crippen molar-refractivity contribution in [1.82, 2.24) is 0 Å². The van der Waals surface area contributed by atoms with Gasteiger partial charge in [-0.15, -0.1) is 6.42 Å². The third-order valence-electron chi connectivity index (χ3n) is 1.29. The van der Waals surface area contributed by atoms with Crippen molar-refractivity contribution in [3.63, 3.8) is 0 Å². The van der Waals surface area contributed by atoms with Crippen LogP contribution in [0.2, 0.25) is 0 Å². The summed E-state index contributed by atoms with van der Waals surface area (Å²) in [4.78, 5) is 0. The summed E-state index contributed by atoms with van der Waals surface area (Å²) in [5.41, 5.74) is 0.153. The predicted molar refractivity (Wildman–Crippen MR) is 39.4 cm³/mol. The first-order valence-corrected chi connectivity index (χ1v) is 2.87. The number of rotatable bonds is 0. The number of hydrogen-bond donors (Lipinski definition) is 3. The SMILES string of the molecule is C#Cc1ccc(O)c(O)c1O. The second-order valence-electron chi connectivity index (χ2n) is 1.97. The van der Waals surface area contributed by atoms with Crippen LogP contribution in [-0.4, -0.2) is 15.3 Å². The van der Waals surface area contributed by atoms with Crippen LogP contribution < -0.4 is 0 Å². The molecule has 0 spiro atoms. The van der Waals surface area contributed by atoms with Crippen LogP contribution in [0, 0.1) is 12.3 Å². The molecule has 0 radical (unpaired) electrons. The Morgan fingerprint density at radius 2 is 1.73 bits per heavy atom. The highest BCUT2D eigenvalue weighted by atomic mass is 16.3. The van der Waals surface area contributed by atoms with Crippen LogP contribution in [0.5, 0.6) is 17.2 Å². The summed E-state index contributed by atoms with van der Waals surface area (Å²) in [5.74, 6) is 0.706. The highest BCUT2D eigenvalue weighted by Crippen LogP contribution is 2.36. The molecule has 0 unspecified atom stereocenters. The van der Waals surface area contributed by atoms with E-state index in [4.69, 9.17) is 21.7 Å². The molecule has 1 aromatic rings. The van der Waals surface area contributed by atoms with Gasteiger partial charge in [-0.05, 0) is 12.1 Å². The van der Waals surface area contributed by atoms with Crippen molar-refractivity contribution in [1.29, 1.82) is 0 Å².